The van der Waals surface area contributed by atoms with E-state index >= 15 is 0 Å². The van der Waals surface area contributed by atoms with Crippen molar-refractivity contribution in [3.63, 3.8) is 0 Å². The molecule has 38 heavy (non-hydrogen) atoms. The van der Waals surface area contributed by atoms with E-state index < -0.39 is 65.3 Å². The van der Waals surface area contributed by atoms with Crippen LogP contribution in [-0.4, -0.2) is 76.4 Å². The molecule has 2 aliphatic rings. The lowest BCUT2D eigenvalue weighted by Crippen LogP contribution is -2.71. The van der Waals surface area contributed by atoms with Gasteiger partial charge in [0.25, 0.3) is 11.8 Å². The normalized spacial score (nSPS) is 23.6. The summed E-state index contributed by atoms with van der Waals surface area (Å²) in [7, 11) is 0. The molecule has 2 fully saturated rings. The number of piperazine rings is 1. The third kappa shape index (κ3) is 5.45. The van der Waals surface area contributed by atoms with E-state index in [0.29, 0.717) is 6.42 Å². The molecule has 2 saturated heterocycles. The minimum atomic E-state index is -2.16. The van der Waals surface area contributed by atoms with E-state index in [-0.39, 0.29) is 26.2 Å². The SMILES string of the molecule is CCOC(=O)C(OCc1ccccc1)(C(=O)N1C(=O)C2CC(OC(C)=O)CN2C(=O)C1C(C)CC)C(C)C. The molecule has 0 radical (unpaired) electrons. The summed E-state index contributed by atoms with van der Waals surface area (Å²) in [6.07, 6.45) is -0.0920. The number of benzene rings is 1. The maximum atomic E-state index is 14.5. The van der Waals surface area contributed by atoms with E-state index in [4.69, 9.17) is 14.2 Å². The number of carbonyl (C=O) groups is 5. The van der Waals surface area contributed by atoms with Crippen LogP contribution in [0.1, 0.15) is 59.9 Å². The highest BCUT2D eigenvalue weighted by Crippen LogP contribution is 2.36. The van der Waals surface area contributed by atoms with Crippen molar-refractivity contribution in [2.45, 2.75) is 84.8 Å². The van der Waals surface area contributed by atoms with Crippen molar-refractivity contribution in [3.8, 4) is 0 Å². The molecule has 0 aliphatic carbocycles. The van der Waals surface area contributed by atoms with Crippen molar-refractivity contribution in [1.29, 1.82) is 0 Å². The summed E-state index contributed by atoms with van der Waals surface area (Å²) in [5.74, 6) is -4.51. The Kier molecular flexibility index (Phi) is 9.30. The van der Waals surface area contributed by atoms with Crippen LogP contribution >= 0.6 is 0 Å². The zero-order valence-corrected chi connectivity index (χ0v) is 23.0. The fraction of sp³-hybridized carbons (Fsp3) is 0.607. The van der Waals surface area contributed by atoms with Gasteiger partial charge in [0.05, 0.1) is 19.8 Å². The summed E-state index contributed by atoms with van der Waals surface area (Å²) in [5, 5.41) is 0. The van der Waals surface area contributed by atoms with Gasteiger partial charge in [0, 0.05) is 19.3 Å². The fourth-order valence-corrected chi connectivity index (χ4v) is 5.17. The molecule has 3 amide bonds. The Hall–Kier alpha value is -3.27. The standard InChI is InChI=1S/C28H38N2O8/c1-7-18(5)23-25(33)29-15-21(38-19(6)31)14-22(29)24(32)30(23)26(34)28(17(3)4,27(35)36-8-2)37-16-20-12-10-9-11-13-20/h9-13,17-18,21-23H,7-8,14-16H2,1-6H3. The van der Waals surface area contributed by atoms with E-state index in [1.807, 2.05) is 25.1 Å². The number of rotatable bonds is 10. The second-order valence-electron chi connectivity index (χ2n) is 10.2. The van der Waals surface area contributed by atoms with E-state index in [0.717, 1.165) is 10.5 Å². The smallest absolute Gasteiger partial charge is 0.348 e. The number of hydrogen-bond acceptors (Lipinski definition) is 8. The van der Waals surface area contributed by atoms with Crippen LogP contribution in [0.15, 0.2) is 30.3 Å². The van der Waals surface area contributed by atoms with Crippen molar-refractivity contribution >= 4 is 29.7 Å². The van der Waals surface area contributed by atoms with Gasteiger partial charge in [-0.1, -0.05) is 64.4 Å². The molecule has 0 saturated carbocycles. The Bertz CT molecular complexity index is 1060. The maximum Gasteiger partial charge on any atom is 0.348 e. The molecule has 0 spiro atoms. The number of carbonyl (C=O) groups excluding carboxylic acids is 5. The van der Waals surface area contributed by atoms with Crippen LogP contribution < -0.4 is 0 Å². The fourth-order valence-electron chi connectivity index (χ4n) is 5.17. The van der Waals surface area contributed by atoms with E-state index in [2.05, 4.69) is 0 Å². The monoisotopic (exact) mass is 530 g/mol. The zero-order chi connectivity index (χ0) is 28.2. The van der Waals surface area contributed by atoms with Crippen LogP contribution in [0.5, 0.6) is 0 Å². The second-order valence-corrected chi connectivity index (χ2v) is 10.2. The number of hydrogen-bond donors (Lipinski definition) is 0. The average molecular weight is 531 g/mol. The summed E-state index contributed by atoms with van der Waals surface area (Å²) in [5.41, 5.74) is -1.44. The van der Waals surface area contributed by atoms with Gasteiger partial charge in [-0.15, -0.1) is 0 Å². The largest absolute Gasteiger partial charge is 0.463 e. The van der Waals surface area contributed by atoms with Gasteiger partial charge >= 0.3 is 11.9 Å². The predicted molar refractivity (Wildman–Crippen MR) is 136 cm³/mol. The molecule has 3 rings (SSSR count). The molecule has 1 aromatic rings. The van der Waals surface area contributed by atoms with Gasteiger partial charge in [0.15, 0.2) is 0 Å². The number of amides is 3. The first-order valence-electron chi connectivity index (χ1n) is 13.2. The summed E-state index contributed by atoms with van der Waals surface area (Å²) < 4.78 is 16.7. The molecule has 0 aromatic heterocycles. The molecule has 5 unspecified atom stereocenters. The summed E-state index contributed by atoms with van der Waals surface area (Å²) in [6, 6.07) is 6.91. The molecule has 1 aromatic carbocycles. The summed E-state index contributed by atoms with van der Waals surface area (Å²) >= 11 is 0. The number of esters is 2. The van der Waals surface area contributed by atoms with Crippen LogP contribution in [-0.2, 0) is 44.8 Å². The van der Waals surface area contributed by atoms with Gasteiger partial charge in [-0.25, -0.2) is 4.79 Å². The lowest BCUT2D eigenvalue weighted by molar-refractivity contribution is -0.198. The number of fused-ring (bicyclic) bond motifs is 1. The van der Waals surface area contributed by atoms with Crippen molar-refractivity contribution in [2.24, 2.45) is 11.8 Å². The number of nitrogens with zero attached hydrogens (tertiary/aromatic N) is 2. The zero-order valence-electron chi connectivity index (χ0n) is 23.0. The van der Waals surface area contributed by atoms with Gasteiger partial charge in [-0.05, 0) is 18.4 Å². The molecule has 10 heteroatoms. The van der Waals surface area contributed by atoms with Crippen molar-refractivity contribution in [2.75, 3.05) is 13.2 Å². The van der Waals surface area contributed by atoms with Crippen LogP contribution in [0, 0.1) is 11.8 Å². The first kappa shape index (κ1) is 29.3. The van der Waals surface area contributed by atoms with E-state index in [1.54, 1.807) is 39.8 Å². The minimum absolute atomic E-state index is 0.00256. The quantitative estimate of drug-likeness (QED) is 0.334. The van der Waals surface area contributed by atoms with Crippen molar-refractivity contribution < 1.29 is 38.2 Å². The van der Waals surface area contributed by atoms with Gasteiger partial charge in [-0.3, -0.25) is 24.1 Å². The van der Waals surface area contributed by atoms with Crippen LogP contribution in [0.4, 0.5) is 0 Å². The summed E-state index contributed by atoms with van der Waals surface area (Å²) in [4.78, 5) is 69.5. The van der Waals surface area contributed by atoms with Crippen molar-refractivity contribution in [3.05, 3.63) is 35.9 Å². The van der Waals surface area contributed by atoms with Crippen molar-refractivity contribution in [1.82, 2.24) is 9.80 Å². The molecular weight excluding hydrogens is 492 g/mol. The molecule has 2 heterocycles. The molecular formula is C28H38N2O8. The highest BCUT2D eigenvalue weighted by atomic mass is 16.6. The van der Waals surface area contributed by atoms with E-state index in [9.17, 15) is 24.0 Å². The Morgan fingerprint density at radius 2 is 1.71 bits per heavy atom. The Morgan fingerprint density at radius 3 is 2.26 bits per heavy atom. The molecule has 0 bridgehead atoms. The van der Waals surface area contributed by atoms with Crippen LogP contribution in [0.25, 0.3) is 0 Å². The number of imide groups is 1. The topological polar surface area (TPSA) is 120 Å². The number of ether oxygens (including phenoxy) is 3. The first-order chi connectivity index (χ1) is 18.0. The van der Waals surface area contributed by atoms with Gasteiger partial charge < -0.3 is 19.1 Å². The first-order valence-corrected chi connectivity index (χ1v) is 13.2. The highest BCUT2D eigenvalue weighted by Gasteiger charge is 2.61. The summed E-state index contributed by atoms with van der Waals surface area (Å²) in [6.45, 7) is 9.79. The Balaban J connectivity index is 2.08. The van der Waals surface area contributed by atoms with E-state index in [1.165, 1.54) is 11.8 Å². The Morgan fingerprint density at radius 1 is 1.05 bits per heavy atom. The van der Waals surface area contributed by atoms with Crippen LogP contribution in [0.2, 0.25) is 0 Å². The van der Waals surface area contributed by atoms with Gasteiger partial charge in [-0.2, -0.15) is 0 Å². The molecule has 2 aliphatic heterocycles. The maximum absolute atomic E-state index is 14.5. The molecule has 208 valence electrons. The molecule has 0 N–H and O–H groups in total. The second kappa shape index (κ2) is 12.1. The molecule has 10 nitrogen and oxygen atoms in total. The highest BCUT2D eigenvalue weighted by molar-refractivity contribution is 6.16. The Labute approximate surface area is 223 Å². The lowest BCUT2D eigenvalue weighted by atomic mass is 9.84. The third-order valence-electron chi connectivity index (χ3n) is 7.35. The molecule has 5 atom stereocenters. The van der Waals surface area contributed by atoms with Crippen LogP contribution in [0.3, 0.4) is 0 Å². The van der Waals surface area contributed by atoms with Gasteiger partial charge in [0.1, 0.15) is 18.2 Å². The predicted octanol–water partition coefficient (Wildman–Crippen LogP) is 2.48. The lowest BCUT2D eigenvalue weighted by Gasteiger charge is -2.46. The van der Waals surface area contributed by atoms with Gasteiger partial charge in [0.2, 0.25) is 11.5 Å². The average Bonchev–Trinajstić information content (AvgIpc) is 3.30. The third-order valence-corrected chi connectivity index (χ3v) is 7.35. The minimum Gasteiger partial charge on any atom is -0.463 e.